The molecule has 6 heteroatoms. The Morgan fingerprint density at radius 3 is 2.87 bits per heavy atom. The standard InChI is InChI=1S/C9H16N4O2/c1-6-4-8(13(2)12-6)11-9(14)7(5-10)15-3/h4,7H,5,10H2,1-3H3,(H,11,14). The number of carbonyl (C=O) groups excluding carboxylic acids is 1. The predicted molar refractivity (Wildman–Crippen MR) is 56.4 cm³/mol. The minimum Gasteiger partial charge on any atom is -0.370 e. The summed E-state index contributed by atoms with van der Waals surface area (Å²) in [6, 6.07) is 1.78. The molecule has 0 aliphatic heterocycles. The van der Waals surface area contributed by atoms with Crippen LogP contribution in [0, 0.1) is 6.92 Å². The van der Waals surface area contributed by atoms with Gasteiger partial charge in [-0.2, -0.15) is 5.10 Å². The van der Waals surface area contributed by atoms with Crippen LogP contribution in [0.5, 0.6) is 0 Å². The van der Waals surface area contributed by atoms with Crippen molar-refractivity contribution in [2.24, 2.45) is 12.8 Å². The Balaban J connectivity index is 2.69. The highest BCUT2D eigenvalue weighted by Gasteiger charge is 2.17. The van der Waals surface area contributed by atoms with Crippen LogP contribution in [-0.2, 0) is 16.6 Å². The lowest BCUT2D eigenvalue weighted by Gasteiger charge is -2.12. The van der Waals surface area contributed by atoms with Crippen molar-refractivity contribution in [2.75, 3.05) is 19.0 Å². The Morgan fingerprint density at radius 2 is 2.47 bits per heavy atom. The Kier molecular flexibility index (Phi) is 3.81. The molecule has 1 rings (SSSR count). The number of nitrogens with zero attached hydrogens (tertiary/aromatic N) is 2. The van der Waals surface area contributed by atoms with Gasteiger partial charge in [0.25, 0.3) is 5.91 Å². The maximum atomic E-state index is 11.6. The van der Waals surface area contributed by atoms with Crippen molar-refractivity contribution in [1.29, 1.82) is 0 Å². The van der Waals surface area contributed by atoms with Gasteiger partial charge in [0.2, 0.25) is 0 Å². The summed E-state index contributed by atoms with van der Waals surface area (Å²) in [5.74, 6) is 0.371. The van der Waals surface area contributed by atoms with Gasteiger partial charge in [-0.3, -0.25) is 9.48 Å². The normalized spacial score (nSPS) is 12.5. The lowest BCUT2D eigenvalue weighted by atomic mass is 10.3. The van der Waals surface area contributed by atoms with Crippen molar-refractivity contribution in [3.8, 4) is 0 Å². The number of nitrogens with one attached hydrogen (secondary N) is 1. The lowest BCUT2D eigenvalue weighted by Crippen LogP contribution is -2.36. The molecule has 1 unspecified atom stereocenters. The molecule has 15 heavy (non-hydrogen) atoms. The number of aryl methyl sites for hydroxylation is 2. The van der Waals surface area contributed by atoms with Crippen molar-refractivity contribution in [1.82, 2.24) is 9.78 Å². The highest BCUT2D eigenvalue weighted by molar-refractivity contribution is 5.93. The fourth-order valence-corrected chi connectivity index (χ4v) is 1.24. The zero-order chi connectivity index (χ0) is 11.4. The SMILES string of the molecule is COC(CN)C(=O)Nc1cc(C)nn1C. The van der Waals surface area contributed by atoms with Gasteiger partial charge >= 0.3 is 0 Å². The van der Waals surface area contributed by atoms with Crippen LogP contribution < -0.4 is 11.1 Å². The second-order valence-corrected chi connectivity index (χ2v) is 3.24. The Hall–Kier alpha value is -1.40. The van der Waals surface area contributed by atoms with Crippen LogP contribution in [-0.4, -0.2) is 35.4 Å². The second-order valence-electron chi connectivity index (χ2n) is 3.24. The number of hydrogen-bond donors (Lipinski definition) is 2. The van der Waals surface area contributed by atoms with E-state index in [9.17, 15) is 4.79 Å². The summed E-state index contributed by atoms with van der Waals surface area (Å²) in [6.45, 7) is 2.01. The molecule has 3 N–H and O–H groups in total. The number of hydrogen-bond acceptors (Lipinski definition) is 4. The van der Waals surface area contributed by atoms with Crippen molar-refractivity contribution in [3.05, 3.63) is 11.8 Å². The average molecular weight is 212 g/mol. The van der Waals surface area contributed by atoms with Gasteiger partial charge in [-0.25, -0.2) is 0 Å². The quantitative estimate of drug-likeness (QED) is 0.714. The molecule has 1 heterocycles. The Morgan fingerprint density at radius 1 is 1.80 bits per heavy atom. The maximum Gasteiger partial charge on any atom is 0.255 e. The lowest BCUT2D eigenvalue weighted by molar-refractivity contribution is -0.125. The van der Waals surface area contributed by atoms with Gasteiger partial charge in [0.05, 0.1) is 5.69 Å². The molecule has 0 radical (unpaired) electrons. The molecular formula is C9H16N4O2. The molecule has 0 bridgehead atoms. The number of aromatic nitrogens is 2. The first kappa shape index (κ1) is 11.7. The first-order valence-corrected chi connectivity index (χ1v) is 4.63. The Labute approximate surface area is 88.4 Å². The Bertz CT molecular complexity index is 344. The summed E-state index contributed by atoms with van der Waals surface area (Å²) < 4.78 is 6.51. The largest absolute Gasteiger partial charge is 0.370 e. The van der Waals surface area contributed by atoms with Crippen molar-refractivity contribution in [3.63, 3.8) is 0 Å². The molecule has 1 atom stereocenters. The molecule has 0 fully saturated rings. The molecule has 0 saturated heterocycles. The zero-order valence-corrected chi connectivity index (χ0v) is 9.15. The summed E-state index contributed by atoms with van der Waals surface area (Å²) in [7, 11) is 3.21. The first-order valence-electron chi connectivity index (χ1n) is 4.63. The first-order chi connectivity index (χ1) is 7.08. The second kappa shape index (κ2) is 4.90. The van der Waals surface area contributed by atoms with Gasteiger partial charge < -0.3 is 15.8 Å². The topological polar surface area (TPSA) is 82.2 Å². The fraction of sp³-hybridized carbons (Fsp3) is 0.556. The van der Waals surface area contributed by atoms with E-state index >= 15 is 0 Å². The number of rotatable bonds is 4. The van der Waals surface area contributed by atoms with Crippen LogP contribution >= 0.6 is 0 Å². The van der Waals surface area contributed by atoms with Gasteiger partial charge in [0, 0.05) is 26.8 Å². The third-order valence-electron chi connectivity index (χ3n) is 2.04. The third-order valence-corrected chi connectivity index (χ3v) is 2.04. The molecule has 0 aliphatic rings. The van der Waals surface area contributed by atoms with E-state index in [4.69, 9.17) is 10.5 Å². The average Bonchev–Trinajstić information content (AvgIpc) is 2.47. The van der Waals surface area contributed by atoms with Crippen LogP contribution in [0.4, 0.5) is 5.82 Å². The summed E-state index contributed by atoms with van der Waals surface area (Å²) in [5.41, 5.74) is 6.21. The summed E-state index contributed by atoms with van der Waals surface area (Å²) in [5, 5.41) is 6.79. The van der Waals surface area contributed by atoms with Crippen LogP contribution in [0.15, 0.2) is 6.07 Å². The van der Waals surface area contributed by atoms with Crippen molar-refractivity contribution >= 4 is 11.7 Å². The number of ether oxygens (including phenoxy) is 1. The van der Waals surface area contributed by atoms with Gasteiger partial charge in [-0.05, 0) is 6.92 Å². The summed E-state index contributed by atoms with van der Waals surface area (Å²) in [4.78, 5) is 11.6. The molecule has 0 aliphatic carbocycles. The van der Waals surface area contributed by atoms with Gasteiger partial charge in [-0.1, -0.05) is 0 Å². The fourth-order valence-electron chi connectivity index (χ4n) is 1.24. The van der Waals surface area contributed by atoms with Crippen LogP contribution in [0.25, 0.3) is 0 Å². The number of amides is 1. The molecule has 0 saturated carbocycles. The van der Waals surface area contributed by atoms with Crippen molar-refractivity contribution in [2.45, 2.75) is 13.0 Å². The van der Waals surface area contributed by atoms with Gasteiger partial charge in [0.1, 0.15) is 11.9 Å². The zero-order valence-electron chi connectivity index (χ0n) is 9.15. The smallest absolute Gasteiger partial charge is 0.255 e. The van der Waals surface area contributed by atoms with E-state index in [2.05, 4.69) is 10.4 Å². The third kappa shape index (κ3) is 2.77. The monoisotopic (exact) mass is 212 g/mol. The van der Waals surface area contributed by atoms with Crippen LogP contribution in [0.2, 0.25) is 0 Å². The summed E-state index contributed by atoms with van der Waals surface area (Å²) >= 11 is 0. The molecule has 1 aromatic rings. The minimum atomic E-state index is -0.625. The molecule has 0 spiro atoms. The van der Waals surface area contributed by atoms with Crippen LogP contribution in [0.1, 0.15) is 5.69 Å². The van der Waals surface area contributed by atoms with Gasteiger partial charge in [0.15, 0.2) is 0 Å². The van der Waals surface area contributed by atoms with E-state index in [1.54, 1.807) is 17.8 Å². The van der Waals surface area contributed by atoms with E-state index < -0.39 is 6.10 Å². The minimum absolute atomic E-state index is 0.152. The van der Waals surface area contributed by atoms with E-state index in [-0.39, 0.29) is 12.5 Å². The molecule has 1 amide bonds. The predicted octanol–water partition coefficient (Wildman–Crippen LogP) is -0.359. The highest BCUT2D eigenvalue weighted by Crippen LogP contribution is 2.08. The van der Waals surface area contributed by atoms with E-state index in [0.29, 0.717) is 5.82 Å². The summed E-state index contributed by atoms with van der Waals surface area (Å²) in [6.07, 6.45) is -0.625. The van der Waals surface area contributed by atoms with E-state index in [0.717, 1.165) is 5.69 Å². The van der Waals surface area contributed by atoms with Gasteiger partial charge in [-0.15, -0.1) is 0 Å². The number of methoxy groups -OCH3 is 1. The van der Waals surface area contributed by atoms with Crippen molar-refractivity contribution < 1.29 is 9.53 Å². The van der Waals surface area contributed by atoms with Crippen LogP contribution in [0.3, 0.4) is 0 Å². The maximum absolute atomic E-state index is 11.6. The molecule has 1 aromatic heterocycles. The van der Waals surface area contributed by atoms with E-state index in [1.807, 2.05) is 6.92 Å². The molecule has 84 valence electrons. The molecule has 0 aromatic carbocycles. The number of nitrogens with two attached hydrogens (primary N) is 1. The molecule has 6 nitrogen and oxygen atoms in total. The number of carbonyl (C=O) groups is 1. The van der Waals surface area contributed by atoms with E-state index in [1.165, 1.54) is 7.11 Å². The number of anilines is 1. The molecular weight excluding hydrogens is 196 g/mol. The highest BCUT2D eigenvalue weighted by atomic mass is 16.5.